The van der Waals surface area contributed by atoms with Crippen molar-refractivity contribution in [1.29, 1.82) is 5.26 Å². The quantitative estimate of drug-likeness (QED) is 0.741. The van der Waals surface area contributed by atoms with Crippen LogP contribution in [0.1, 0.15) is 13.8 Å². The first kappa shape index (κ1) is 9.75. The number of nitrogens with one attached hydrogen (secondary N) is 1. The molecule has 0 aliphatic heterocycles. The molecule has 1 aromatic heterocycles. The second-order valence-corrected chi connectivity index (χ2v) is 3.23. The van der Waals surface area contributed by atoms with Gasteiger partial charge in [0.1, 0.15) is 6.04 Å². The van der Waals surface area contributed by atoms with Crippen LogP contribution in [0.4, 0.5) is 0 Å². The van der Waals surface area contributed by atoms with Gasteiger partial charge in [0.05, 0.1) is 12.6 Å². The van der Waals surface area contributed by atoms with Crippen LogP contribution in [0.15, 0.2) is 18.5 Å². The van der Waals surface area contributed by atoms with Gasteiger partial charge in [0.15, 0.2) is 0 Å². The maximum Gasteiger partial charge on any atom is 0.115 e. The molecule has 0 spiro atoms. The lowest BCUT2D eigenvalue weighted by atomic mass is 10.3. The average molecular weight is 178 g/mol. The Balaban J connectivity index is 2.46. The van der Waals surface area contributed by atoms with Gasteiger partial charge in [-0.05, 0) is 19.9 Å². The van der Waals surface area contributed by atoms with Crippen molar-refractivity contribution >= 4 is 0 Å². The van der Waals surface area contributed by atoms with Crippen LogP contribution >= 0.6 is 0 Å². The van der Waals surface area contributed by atoms with Crippen LogP contribution in [-0.4, -0.2) is 21.9 Å². The Morgan fingerprint density at radius 1 is 1.62 bits per heavy atom. The fraction of sp³-hybridized carbons (Fsp3) is 0.556. The van der Waals surface area contributed by atoms with Crippen LogP contribution in [0.3, 0.4) is 0 Å². The summed E-state index contributed by atoms with van der Waals surface area (Å²) in [7, 11) is 0. The van der Waals surface area contributed by atoms with Gasteiger partial charge in [-0.25, -0.2) is 0 Å². The Kier molecular flexibility index (Phi) is 3.47. The van der Waals surface area contributed by atoms with E-state index in [1.165, 1.54) is 0 Å². The molecule has 0 aromatic carbocycles. The number of nitriles is 1. The van der Waals surface area contributed by atoms with E-state index in [2.05, 4.69) is 16.5 Å². The molecule has 13 heavy (non-hydrogen) atoms. The van der Waals surface area contributed by atoms with Crippen molar-refractivity contribution in [3.8, 4) is 6.07 Å². The fourth-order valence-corrected chi connectivity index (χ4v) is 1.13. The maximum absolute atomic E-state index is 8.82. The minimum absolute atomic E-state index is 0.167. The van der Waals surface area contributed by atoms with Crippen molar-refractivity contribution in [3.05, 3.63) is 18.5 Å². The first-order valence-electron chi connectivity index (χ1n) is 4.35. The molecule has 0 fully saturated rings. The SMILES string of the molecule is CC(C)NC(C#N)Cn1cccn1. The maximum atomic E-state index is 8.82. The van der Waals surface area contributed by atoms with E-state index in [0.717, 1.165) is 0 Å². The van der Waals surface area contributed by atoms with E-state index in [0.29, 0.717) is 12.6 Å². The van der Waals surface area contributed by atoms with Crippen molar-refractivity contribution in [3.63, 3.8) is 0 Å². The van der Waals surface area contributed by atoms with Crippen molar-refractivity contribution in [2.75, 3.05) is 0 Å². The summed E-state index contributed by atoms with van der Waals surface area (Å²) in [4.78, 5) is 0. The molecule has 0 aliphatic rings. The molecule has 1 unspecified atom stereocenters. The zero-order chi connectivity index (χ0) is 9.68. The average Bonchev–Trinajstić information content (AvgIpc) is 2.55. The zero-order valence-corrected chi connectivity index (χ0v) is 7.94. The van der Waals surface area contributed by atoms with Crippen molar-refractivity contribution < 1.29 is 0 Å². The zero-order valence-electron chi connectivity index (χ0n) is 7.94. The van der Waals surface area contributed by atoms with Gasteiger partial charge in [0.2, 0.25) is 0 Å². The van der Waals surface area contributed by atoms with Gasteiger partial charge < -0.3 is 0 Å². The highest BCUT2D eigenvalue weighted by molar-refractivity contribution is 4.91. The standard InChI is InChI=1S/C9H14N4/c1-8(2)12-9(6-10)7-13-5-3-4-11-13/h3-5,8-9,12H,7H2,1-2H3. The summed E-state index contributed by atoms with van der Waals surface area (Å²) in [6.07, 6.45) is 3.57. The monoisotopic (exact) mass is 178 g/mol. The third kappa shape index (κ3) is 3.26. The van der Waals surface area contributed by atoms with Crippen LogP contribution in [0.5, 0.6) is 0 Å². The molecule has 0 amide bonds. The minimum atomic E-state index is -0.167. The van der Waals surface area contributed by atoms with Crippen LogP contribution in [-0.2, 0) is 6.54 Å². The van der Waals surface area contributed by atoms with Crippen LogP contribution in [0.2, 0.25) is 0 Å². The third-order valence-electron chi connectivity index (χ3n) is 1.62. The molecule has 1 heterocycles. The van der Waals surface area contributed by atoms with Gasteiger partial charge in [-0.2, -0.15) is 10.4 Å². The predicted octanol–water partition coefficient (Wildman–Crippen LogP) is 0.773. The number of aromatic nitrogens is 2. The van der Waals surface area contributed by atoms with Crippen molar-refractivity contribution in [1.82, 2.24) is 15.1 Å². The topological polar surface area (TPSA) is 53.6 Å². The predicted molar refractivity (Wildman–Crippen MR) is 49.9 cm³/mol. The summed E-state index contributed by atoms with van der Waals surface area (Å²) >= 11 is 0. The highest BCUT2D eigenvalue weighted by atomic mass is 15.3. The Hall–Kier alpha value is -1.34. The second-order valence-electron chi connectivity index (χ2n) is 3.23. The molecule has 1 rings (SSSR count). The highest BCUT2D eigenvalue weighted by Crippen LogP contribution is 1.92. The lowest BCUT2D eigenvalue weighted by molar-refractivity contribution is 0.456. The van der Waals surface area contributed by atoms with Gasteiger partial charge in [-0.1, -0.05) is 0 Å². The second kappa shape index (κ2) is 4.63. The summed E-state index contributed by atoms with van der Waals surface area (Å²) in [5.74, 6) is 0. The summed E-state index contributed by atoms with van der Waals surface area (Å²) < 4.78 is 1.75. The van der Waals surface area contributed by atoms with E-state index in [1.54, 1.807) is 10.9 Å². The first-order valence-corrected chi connectivity index (χ1v) is 4.35. The van der Waals surface area contributed by atoms with E-state index in [9.17, 15) is 0 Å². The summed E-state index contributed by atoms with van der Waals surface area (Å²) in [6, 6.07) is 4.20. The number of hydrogen-bond acceptors (Lipinski definition) is 3. The smallest absolute Gasteiger partial charge is 0.115 e. The molecule has 0 aliphatic carbocycles. The number of hydrogen-bond donors (Lipinski definition) is 1. The minimum Gasteiger partial charge on any atom is -0.298 e. The summed E-state index contributed by atoms with van der Waals surface area (Å²) in [6.45, 7) is 4.64. The van der Waals surface area contributed by atoms with Gasteiger partial charge >= 0.3 is 0 Å². The van der Waals surface area contributed by atoms with E-state index >= 15 is 0 Å². The van der Waals surface area contributed by atoms with E-state index in [4.69, 9.17) is 5.26 Å². The van der Waals surface area contributed by atoms with Crippen molar-refractivity contribution in [2.24, 2.45) is 0 Å². The lowest BCUT2D eigenvalue weighted by Crippen LogP contribution is -2.36. The Morgan fingerprint density at radius 3 is 2.85 bits per heavy atom. The van der Waals surface area contributed by atoms with Gasteiger partial charge in [-0.3, -0.25) is 10.00 Å². The Bertz CT molecular complexity index is 270. The summed E-state index contributed by atoms with van der Waals surface area (Å²) in [5, 5.41) is 16.0. The third-order valence-corrected chi connectivity index (χ3v) is 1.62. The highest BCUT2D eigenvalue weighted by Gasteiger charge is 2.08. The Labute approximate surface area is 78.2 Å². The molecule has 1 aromatic rings. The van der Waals surface area contributed by atoms with E-state index < -0.39 is 0 Å². The molecule has 1 N–H and O–H groups in total. The molecule has 0 saturated heterocycles. The van der Waals surface area contributed by atoms with Crippen molar-refractivity contribution in [2.45, 2.75) is 32.5 Å². The van der Waals surface area contributed by atoms with Gasteiger partial charge in [0.25, 0.3) is 0 Å². The normalized spacial score (nSPS) is 12.8. The molecule has 70 valence electrons. The Morgan fingerprint density at radius 2 is 2.38 bits per heavy atom. The van der Waals surface area contributed by atoms with E-state index in [-0.39, 0.29) is 6.04 Å². The van der Waals surface area contributed by atoms with Gasteiger partial charge in [0, 0.05) is 18.4 Å². The molecule has 4 heteroatoms. The first-order chi connectivity index (χ1) is 6.22. The van der Waals surface area contributed by atoms with Crippen LogP contribution in [0.25, 0.3) is 0 Å². The molecular formula is C9H14N4. The molecule has 0 radical (unpaired) electrons. The summed E-state index contributed by atoms with van der Waals surface area (Å²) in [5.41, 5.74) is 0. The number of nitrogens with zero attached hydrogens (tertiary/aromatic N) is 3. The van der Waals surface area contributed by atoms with Crippen LogP contribution < -0.4 is 5.32 Å². The molecule has 0 saturated carbocycles. The molecule has 4 nitrogen and oxygen atoms in total. The fourth-order valence-electron chi connectivity index (χ4n) is 1.13. The van der Waals surface area contributed by atoms with E-state index in [1.807, 2.05) is 26.1 Å². The van der Waals surface area contributed by atoms with Gasteiger partial charge in [-0.15, -0.1) is 0 Å². The molecular weight excluding hydrogens is 164 g/mol. The number of rotatable bonds is 4. The molecule has 0 bridgehead atoms. The van der Waals surface area contributed by atoms with Crippen LogP contribution in [0, 0.1) is 11.3 Å². The lowest BCUT2D eigenvalue weighted by Gasteiger charge is -2.14. The molecule has 1 atom stereocenters. The largest absolute Gasteiger partial charge is 0.298 e.